The number of nitrogens with two attached hydrogens (primary N) is 1. The number of urea groups is 1. The molecule has 0 aromatic heterocycles. The van der Waals surface area contributed by atoms with E-state index in [0.717, 1.165) is 53.6 Å². The van der Waals surface area contributed by atoms with Crippen molar-refractivity contribution in [2.24, 2.45) is 10.7 Å². The van der Waals surface area contributed by atoms with Gasteiger partial charge in [0.15, 0.2) is 5.96 Å². The molecule has 2 aliphatic heterocycles. The summed E-state index contributed by atoms with van der Waals surface area (Å²) in [4.78, 5) is 99.4. The van der Waals surface area contributed by atoms with Crippen molar-refractivity contribution in [3.8, 4) is 16.9 Å². The van der Waals surface area contributed by atoms with E-state index in [1.54, 1.807) is 19.1 Å². The Morgan fingerprint density at radius 1 is 0.670 bits per heavy atom. The normalized spacial score (nSPS) is 14.7. The van der Waals surface area contributed by atoms with Crippen LogP contribution < -0.4 is 53.6 Å². The average Bonchev–Trinajstić information content (AvgIpc) is 2.20. The average molecular weight is 1200 g/mol. The molecule has 0 radical (unpaired) electrons. The van der Waals surface area contributed by atoms with Crippen LogP contribution >= 0.6 is 0 Å². The maximum absolute atomic E-state index is 14.8. The lowest BCUT2D eigenvalue weighted by Crippen LogP contribution is -2.50. The van der Waals surface area contributed by atoms with Crippen molar-refractivity contribution in [1.29, 1.82) is 0 Å². The number of hydrogen-bond donors (Lipinski definition) is 11. The summed E-state index contributed by atoms with van der Waals surface area (Å²) in [5.41, 5.74) is 15.2. The fraction of sp³-hybridized carbons (Fsp3) is 0.424. The first-order chi connectivity index (χ1) is 42.8. The van der Waals surface area contributed by atoms with Crippen LogP contribution in [0.2, 0.25) is 0 Å². The monoisotopic (exact) mass is 1200 g/mol. The van der Waals surface area contributed by atoms with Crippen LogP contribution in [0.1, 0.15) is 116 Å². The van der Waals surface area contributed by atoms with Crippen molar-refractivity contribution in [2.75, 3.05) is 70.8 Å². The van der Waals surface area contributed by atoms with Crippen LogP contribution in [0.3, 0.4) is 0 Å². The molecule has 5 aromatic rings. The molecule has 22 heteroatoms. The molecule has 3 aliphatic rings. The quantitative estimate of drug-likeness (QED) is 0.0143. The number of aliphatic imine (C=N–C) groups is 1. The number of nitrogens with one attached hydrogen (secondary N) is 9. The van der Waals surface area contributed by atoms with Crippen LogP contribution in [0.25, 0.3) is 11.1 Å². The Kier molecular flexibility index (Phi) is 24.9. The van der Waals surface area contributed by atoms with Gasteiger partial charge in [-0.2, -0.15) is 0 Å². The van der Waals surface area contributed by atoms with Crippen LogP contribution in [0.4, 0.5) is 15.3 Å². The number of alkyl carbamates (subject to hydrolysis) is 1. The molecule has 8 rings (SSSR count). The lowest BCUT2D eigenvalue weighted by molar-refractivity contribution is -0.132. The number of carbonyl (C=O) groups excluding carboxylic acids is 7. The van der Waals surface area contributed by atoms with Crippen LogP contribution in [0.15, 0.2) is 126 Å². The summed E-state index contributed by atoms with van der Waals surface area (Å²) in [6, 6.07) is 36.3. The second kappa shape index (κ2) is 33.8. The Morgan fingerprint density at radius 3 is 2.05 bits per heavy atom. The molecule has 468 valence electrons. The molecular formula is C66H85N13O9. The number of unbranched alkanes of at least 4 members (excludes halogenated alkanes) is 2. The van der Waals surface area contributed by atoms with Crippen molar-refractivity contribution >= 4 is 53.3 Å². The fourth-order valence-corrected chi connectivity index (χ4v) is 11.3. The first kappa shape index (κ1) is 65.0. The van der Waals surface area contributed by atoms with Crippen LogP contribution in [0.5, 0.6) is 5.75 Å². The summed E-state index contributed by atoms with van der Waals surface area (Å²) in [7, 11) is 0. The molecule has 0 saturated carbocycles. The summed E-state index contributed by atoms with van der Waals surface area (Å²) in [5, 5.41) is 36.0. The van der Waals surface area contributed by atoms with E-state index in [4.69, 9.17) is 10.5 Å². The maximum atomic E-state index is 14.8. The van der Waals surface area contributed by atoms with E-state index >= 15 is 0 Å². The molecule has 8 amide bonds. The van der Waals surface area contributed by atoms with E-state index in [-0.39, 0.29) is 86.5 Å². The van der Waals surface area contributed by atoms with Gasteiger partial charge < -0.3 is 58.1 Å². The van der Waals surface area contributed by atoms with E-state index in [0.29, 0.717) is 84.5 Å². The van der Waals surface area contributed by atoms with E-state index < -0.39 is 30.1 Å². The van der Waals surface area contributed by atoms with Crippen molar-refractivity contribution in [3.63, 3.8) is 0 Å². The van der Waals surface area contributed by atoms with Gasteiger partial charge in [-0.05, 0) is 114 Å². The highest BCUT2D eigenvalue weighted by Crippen LogP contribution is 2.44. The van der Waals surface area contributed by atoms with Crippen LogP contribution in [0, 0.1) is 0 Å². The van der Waals surface area contributed by atoms with Gasteiger partial charge in [0, 0.05) is 102 Å². The van der Waals surface area contributed by atoms with E-state index in [9.17, 15) is 38.7 Å². The maximum Gasteiger partial charge on any atom is 0.407 e. The summed E-state index contributed by atoms with van der Waals surface area (Å²) in [5.74, 6) is -1.02. The summed E-state index contributed by atoms with van der Waals surface area (Å²) >= 11 is 0. The molecular weight excluding hydrogens is 1120 g/mol. The molecule has 0 unspecified atom stereocenters. The van der Waals surface area contributed by atoms with Gasteiger partial charge in [-0.1, -0.05) is 110 Å². The molecule has 1 fully saturated rings. The zero-order valence-corrected chi connectivity index (χ0v) is 50.3. The number of fused-ring (bicyclic) bond motifs is 4. The second-order valence-electron chi connectivity index (χ2n) is 22.5. The molecule has 12 N–H and O–H groups in total. The molecule has 88 heavy (non-hydrogen) atoms. The van der Waals surface area contributed by atoms with E-state index in [1.807, 2.05) is 72.8 Å². The number of amides is 8. The molecule has 0 spiro atoms. The molecule has 5 aromatic carbocycles. The highest BCUT2D eigenvalue weighted by molar-refractivity contribution is 5.95. The van der Waals surface area contributed by atoms with Gasteiger partial charge >= 0.3 is 12.1 Å². The number of anilines is 1. The molecule has 1 saturated heterocycles. The van der Waals surface area contributed by atoms with Gasteiger partial charge in [-0.25, -0.2) is 9.59 Å². The van der Waals surface area contributed by atoms with Gasteiger partial charge in [0.1, 0.15) is 24.4 Å². The van der Waals surface area contributed by atoms with Gasteiger partial charge in [0.2, 0.25) is 29.5 Å². The third-order valence-electron chi connectivity index (χ3n) is 16.0. The van der Waals surface area contributed by atoms with Crippen molar-refractivity contribution < 1.29 is 43.4 Å². The SMILES string of the molecule is CCC(=O)NCCNC(=O)NC(N)=NCCC[C@@H](NC(=O)[C@H](c1cccc(NCCCNC(=O)CCCCCNC(=O)CN2CCC(NC(=O)OCC3c4ccccc4-c4ccccc43)CC2)c1)N1Cc2ccccc2C1)C(=O)NCc1ccc(O)cc1. The van der Waals surface area contributed by atoms with Crippen LogP contribution in [-0.2, 0) is 48.3 Å². The van der Waals surface area contributed by atoms with E-state index in [1.165, 1.54) is 34.4 Å². The van der Waals surface area contributed by atoms with Gasteiger partial charge in [-0.15, -0.1) is 0 Å². The van der Waals surface area contributed by atoms with Gasteiger partial charge in [0.25, 0.3) is 0 Å². The molecule has 22 nitrogen and oxygen atoms in total. The Balaban J connectivity index is 0.727. The number of likely N-dealkylation sites (tertiary alicyclic amines) is 1. The van der Waals surface area contributed by atoms with Crippen LogP contribution in [-0.4, -0.2) is 140 Å². The highest BCUT2D eigenvalue weighted by Gasteiger charge is 2.35. The first-order valence-corrected chi connectivity index (χ1v) is 30.8. The summed E-state index contributed by atoms with van der Waals surface area (Å²) < 4.78 is 5.75. The zero-order valence-electron chi connectivity index (χ0n) is 50.3. The Hall–Kier alpha value is -9.02. The minimum absolute atomic E-state index is 0.00253. The Morgan fingerprint density at radius 2 is 1.33 bits per heavy atom. The summed E-state index contributed by atoms with van der Waals surface area (Å²) in [6.07, 6.45) is 5.19. The lowest BCUT2D eigenvalue weighted by Gasteiger charge is -2.31. The number of carbonyl (C=O) groups is 7. The molecule has 2 heterocycles. The number of rotatable bonds is 31. The van der Waals surface area contributed by atoms with Gasteiger partial charge in [0.05, 0.1) is 6.54 Å². The standard InChI is InChI=1S/C66H85N13O9/c1-2-58(81)71-35-36-73-65(86)77-64(67)72-32-13-23-57(62(84)74-40-45-25-27-51(80)28-26-45)76-63(85)61(79-41-47-15-5-6-16-48(47)42-79)46-17-12-18-50(39-46)68-33-14-34-69-59(82)24-4-3-11-31-70-60(83)43-78-37-29-49(30-38-78)75-66(87)88-44-56-54-21-9-7-19-52(54)53-20-8-10-22-55(53)56/h5-10,12,15-22,25-28,39,49,56-57,61,68,80H,2-4,11,13-14,23-24,29-38,40-44H2,1H3,(H,69,82)(H,70,83)(H,71,81)(H,74,84)(H,75,87)(H,76,85)(H4,67,72,73,77,86)/t57-,61+/m1/s1. The van der Waals surface area contributed by atoms with Crippen molar-refractivity contribution in [2.45, 2.75) is 115 Å². The number of nitrogens with zero attached hydrogens (tertiary/aromatic N) is 3. The number of benzene rings is 5. The summed E-state index contributed by atoms with van der Waals surface area (Å²) in [6.45, 7) is 7.02. The Labute approximate surface area is 515 Å². The van der Waals surface area contributed by atoms with Crippen molar-refractivity contribution in [3.05, 3.63) is 155 Å². The lowest BCUT2D eigenvalue weighted by atomic mass is 9.98. The third-order valence-corrected chi connectivity index (χ3v) is 16.0. The number of ether oxygens (including phenoxy) is 1. The number of piperidine rings is 1. The third kappa shape index (κ3) is 20.0. The Bertz CT molecular complexity index is 3120. The fourth-order valence-electron chi connectivity index (χ4n) is 11.3. The zero-order chi connectivity index (χ0) is 62.0. The minimum Gasteiger partial charge on any atom is -0.508 e. The largest absolute Gasteiger partial charge is 0.508 e. The number of guanidine groups is 1. The number of hydrogen-bond acceptors (Lipinski definition) is 13. The number of phenols is 1. The minimum atomic E-state index is -0.975. The predicted molar refractivity (Wildman–Crippen MR) is 338 cm³/mol. The second-order valence-corrected chi connectivity index (χ2v) is 22.5. The smallest absolute Gasteiger partial charge is 0.407 e. The predicted octanol–water partition coefficient (Wildman–Crippen LogP) is 5.77. The molecule has 0 bridgehead atoms. The first-order valence-electron chi connectivity index (χ1n) is 30.8. The topological polar surface area (TPSA) is 302 Å². The van der Waals surface area contributed by atoms with Gasteiger partial charge in [-0.3, -0.25) is 44.1 Å². The van der Waals surface area contributed by atoms with Crippen molar-refractivity contribution in [1.82, 2.24) is 52.3 Å². The number of phenolic OH excluding ortho intramolecular Hbond substituents is 1. The number of aromatic hydroxyl groups is 1. The molecule has 1 aliphatic carbocycles. The molecule has 2 atom stereocenters. The van der Waals surface area contributed by atoms with E-state index in [2.05, 4.69) is 86.9 Å². The highest BCUT2D eigenvalue weighted by atomic mass is 16.5.